The molecule has 2 aromatic rings. The smallest absolute Gasteiger partial charge is 0.0420 e. The minimum Gasteiger partial charge on any atom is -0.271 e. The summed E-state index contributed by atoms with van der Waals surface area (Å²) in [7, 11) is 0. The summed E-state index contributed by atoms with van der Waals surface area (Å²) in [6.07, 6.45) is 7.05. The van der Waals surface area contributed by atoms with E-state index in [1.165, 1.54) is 0 Å². The number of rotatable bonds is 5. The van der Waals surface area contributed by atoms with E-state index in [0.717, 1.165) is 28.6 Å². The van der Waals surface area contributed by atoms with Gasteiger partial charge in [0.05, 0.1) is 0 Å². The van der Waals surface area contributed by atoms with Gasteiger partial charge in [-0.05, 0) is 46.1 Å². The van der Waals surface area contributed by atoms with Crippen molar-refractivity contribution in [2.45, 2.75) is 18.9 Å². The molecule has 0 fully saturated rings. The summed E-state index contributed by atoms with van der Waals surface area (Å²) in [5.41, 5.74) is 5.02. The van der Waals surface area contributed by atoms with Gasteiger partial charge in [-0.3, -0.25) is 21.2 Å². The summed E-state index contributed by atoms with van der Waals surface area (Å²) in [5, 5.41) is 0. The summed E-state index contributed by atoms with van der Waals surface area (Å²) >= 11 is 3.37. The molecule has 0 amide bonds. The lowest BCUT2D eigenvalue weighted by molar-refractivity contribution is 0.517. The van der Waals surface area contributed by atoms with Crippen LogP contribution in [0.5, 0.6) is 0 Å². The number of nitrogens with one attached hydrogen (secondary N) is 1. The molecular weight excluding hydrogens is 292 g/mol. The number of aromatic nitrogens is 2. The van der Waals surface area contributed by atoms with Crippen LogP contribution in [0.2, 0.25) is 0 Å². The van der Waals surface area contributed by atoms with Crippen molar-refractivity contribution in [2.75, 3.05) is 0 Å². The highest BCUT2D eigenvalue weighted by molar-refractivity contribution is 9.10. The molecule has 2 rings (SSSR count). The van der Waals surface area contributed by atoms with E-state index >= 15 is 0 Å². The summed E-state index contributed by atoms with van der Waals surface area (Å²) in [5.74, 6) is 5.59. The molecule has 0 aromatic carbocycles. The van der Waals surface area contributed by atoms with Gasteiger partial charge >= 0.3 is 0 Å². The number of nitrogens with two attached hydrogens (primary N) is 1. The normalized spacial score (nSPS) is 12.3. The Morgan fingerprint density at radius 2 is 2.11 bits per heavy atom. The minimum absolute atomic E-state index is 0.155. The van der Waals surface area contributed by atoms with E-state index in [2.05, 4.69) is 31.3 Å². The van der Waals surface area contributed by atoms with Crippen LogP contribution in [0.3, 0.4) is 0 Å². The summed E-state index contributed by atoms with van der Waals surface area (Å²) < 4.78 is 0.982. The van der Waals surface area contributed by atoms with E-state index in [-0.39, 0.29) is 6.04 Å². The van der Waals surface area contributed by atoms with Crippen LogP contribution in [0.15, 0.2) is 47.3 Å². The standard InChI is InChI=1S/C13H15BrN4/c14-11-3-4-12(17-9-11)7-13(18-15)6-10-2-1-5-16-8-10/h1-5,8-9,13,18H,6-7,15H2. The molecule has 0 saturated carbocycles. The zero-order valence-corrected chi connectivity index (χ0v) is 11.5. The number of halogens is 1. The Morgan fingerprint density at radius 1 is 1.22 bits per heavy atom. The topological polar surface area (TPSA) is 63.8 Å². The Bertz CT molecular complexity index is 472. The first-order valence-electron chi connectivity index (χ1n) is 5.73. The number of hydrogen-bond acceptors (Lipinski definition) is 4. The third kappa shape index (κ3) is 3.87. The molecule has 18 heavy (non-hydrogen) atoms. The molecule has 0 saturated heterocycles. The fourth-order valence-corrected chi connectivity index (χ4v) is 2.01. The first-order valence-corrected chi connectivity index (χ1v) is 6.52. The molecule has 0 aliphatic carbocycles. The maximum atomic E-state index is 5.59. The Kier molecular flexibility index (Phi) is 4.81. The van der Waals surface area contributed by atoms with Gasteiger partial charge in [0.25, 0.3) is 0 Å². The average Bonchev–Trinajstić information content (AvgIpc) is 2.41. The fraction of sp³-hybridized carbons (Fsp3) is 0.231. The molecule has 0 spiro atoms. The lowest BCUT2D eigenvalue weighted by Gasteiger charge is -2.15. The van der Waals surface area contributed by atoms with Crippen LogP contribution >= 0.6 is 15.9 Å². The van der Waals surface area contributed by atoms with Crippen LogP contribution in [-0.2, 0) is 12.8 Å². The SMILES string of the molecule is NNC(Cc1cccnc1)Cc1ccc(Br)cn1. The predicted molar refractivity (Wildman–Crippen MR) is 74.7 cm³/mol. The molecule has 1 atom stereocenters. The Balaban J connectivity index is 1.99. The third-order valence-electron chi connectivity index (χ3n) is 2.68. The van der Waals surface area contributed by atoms with Crippen molar-refractivity contribution in [3.8, 4) is 0 Å². The van der Waals surface area contributed by atoms with Gasteiger partial charge in [0, 0.05) is 41.2 Å². The first kappa shape index (κ1) is 13.1. The monoisotopic (exact) mass is 306 g/mol. The molecule has 0 radical (unpaired) electrons. The Morgan fingerprint density at radius 3 is 2.72 bits per heavy atom. The Labute approximate surface area is 115 Å². The van der Waals surface area contributed by atoms with Crippen molar-refractivity contribution in [1.29, 1.82) is 0 Å². The lowest BCUT2D eigenvalue weighted by atomic mass is 10.0. The van der Waals surface area contributed by atoms with Crippen LogP contribution in [-0.4, -0.2) is 16.0 Å². The van der Waals surface area contributed by atoms with Gasteiger partial charge < -0.3 is 0 Å². The van der Waals surface area contributed by atoms with Gasteiger partial charge in [0.2, 0.25) is 0 Å². The molecule has 94 valence electrons. The van der Waals surface area contributed by atoms with Gasteiger partial charge in [-0.25, -0.2) is 0 Å². The molecule has 2 heterocycles. The zero-order valence-electron chi connectivity index (χ0n) is 9.88. The molecular formula is C13H15BrN4. The molecule has 5 heteroatoms. The highest BCUT2D eigenvalue weighted by atomic mass is 79.9. The lowest BCUT2D eigenvalue weighted by Crippen LogP contribution is -2.38. The quantitative estimate of drug-likeness (QED) is 0.654. The molecule has 2 aromatic heterocycles. The minimum atomic E-state index is 0.155. The van der Waals surface area contributed by atoms with E-state index < -0.39 is 0 Å². The highest BCUT2D eigenvalue weighted by Gasteiger charge is 2.09. The largest absolute Gasteiger partial charge is 0.271 e. The van der Waals surface area contributed by atoms with E-state index in [1.807, 2.05) is 30.5 Å². The van der Waals surface area contributed by atoms with Crippen molar-refractivity contribution in [1.82, 2.24) is 15.4 Å². The number of nitrogens with zero attached hydrogens (tertiary/aromatic N) is 2. The van der Waals surface area contributed by atoms with Gasteiger partial charge in [-0.2, -0.15) is 0 Å². The van der Waals surface area contributed by atoms with Crippen molar-refractivity contribution in [3.63, 3.8) is 0 Å². The van der Waals surface area contributed by atoms with Crippen LogP contribution < -0.4 is 11.3 Å². The molecule has 0 bridgehead atoms. The molecule has 0 aliphatic heterocycles. The van der Waals surface area contributed by atoms with Crippen LogP contribution in [0.4, 0.5) is 0 Å². The maximum absolute atomic E-state index is 5.59. The predicted octanol–water partition coefficient (Wildman–Crippen LogP) is 1.86. The van der Waals surface area contributed by atoms with E-state index in [4.69, 9.17) is 5.84 Å². The molecule has 0 aliphatic rings. The third-order valence-corrected chi connectivity index (χ3v) is 3.15. The summed E-state index contributed by atoms with van der Waals surface area (Å²) in [6.45, 7) is 0. The van der Waals surface area contributed by atoms with Crippen molar-refractivity contribution in [3.05, 3.63) is 58.6 Å². The van der Waals surface area contributed by atoms with E-state index in [1.54, 1.807) is 12.4 Å². The van der Waals surface area contributed by atoms with Gasteiger partial charge in [-0.15, -0.1) is 0 Å². The molecule has 1 unspecified atom stereocenters. The highest BCUT2D eigenvalue weighted by Crippen LogP contribution is 2.10. The van der Waals surface area contributed by atoms with Gasteiger partial charge in [-0.1, -0.05) is 6.07 Å². The summed E-state index contributed by atoms with van der Waals surface area (Å²) in [6, 6.07) is 8.12. The average molecular weight is 307 g/mol. The van der Waals surface area contributed by atoms with Crippen molar-refractivity contribution in [2.24, 2.45) is 5.84 Å². The first-order chi connectivity index (χ1) is 8.78. The number of hydrazine groups is 1. The second-order valence-electron chi connectivity index (χ2n) is 4.10. The fourth-order valence-electron chi connectivity index (χ4n) is 1.77. The van der Waals surface area contributed by atoms with Crippen molar-refractivity contribution < 1.29 is 0 Å². The molecule has 4 nitrogen and oxygen atoms in total. The van der Waals surface area contributed by atoms with Gasteiger partial charge in [0.15, 0.2) is 0 Å². The Hall–Kier alpha value is -1.30. The maximum Gasteiger partial charge on any atom is 0.0420 e. The number of pyridine rings is 2. The van der Waals surface area contributed by atoms with Gasteiger partial charge in [0.1, 0.15) is 0 Å². The van der Waals surface area contributed by atoms with Crippen LogP contribution in [0, 0.1) is 0 Å². The second-order valence-corrected chi connectivity index (χ2v) is 5.02. The molecule has 3 N–H and O–H groups in total. The number of hydrogen-bond donors (Lipinski definition) is 2. The van der Waals surface area contributed by atoms with Crippen molar-refractivity contribution >= 4 is 15.9 Å². The van der Waals surface area contributed by atoms with Crippen LogP contribution in [0.25, 0.3) is 0 Å². The van der Waals surface area contributed by atoms with E-state index in [0.29, 0.717) is 0 Å². The van der Waals surface area contributed by atoms with E-state index in [9.17, 15) is 0 Å². The second kappa shape index (κ2) is 6.58. The summed E-state index contributed by atoms with van der Waals surface area (Å²) in [4.78, 5) is 8.45. The van der Waals surface area contributed by atoms with Crippen LogP contribution in [0.1, 0.15) is 11.3 Å². The zero-order chi connectivity index (χ0) is 12.8.